The first-order valence-electron chi connectivity index (χ1n) is 8.18. The third-order valence-corrected chi connectivity index (χ3v) is 5.12. The molecule has 3 unspecified atom stereocenters. The average molecular weight is 286 g/mol. The Balaban J connectivity index is 1.89. The highest BCUT2D eigenvalue weighted by atomic mass is 16.3. The summed E-state index contributed by atoms with van der Waals surface area (Å²) < 4.78 is 6.13. The number of nitrogens with two attached hydrogens (primary N) is 1. The maximum atomic E-state index is 6.13. The van der Waals surface area contributed by atoms with Gasteiger partial charge < -0.3 is 4.42 Å². The maximum Gasteiger partial charge on any atom is 0.137 e. The van der Waals surface area contributed by atoms with Crippen LogP contribution in [0.2, 0.25) is 0 Å². The van der Waals surface area contributed by atoms with Gasteiger partial charge in [0, 0.05) is 5.39 Å². The topological polar surface area (TPSA) is 51.2 Å². The molecule has 0 amide bonds. The van der Waals surface area contributed by atoms with Gasteiger partial charge in [0.25, 0.3) is 0 Å². The second-order valence-corrected chi connectivity index (χ2v) is 6.49. The third kappa shape index (κ3) is 2.85. The van der Waals surface area contributed by atoms with Crippen molar-refractivity contribution in [2.45, 2.75) is 52.0 Å². The molecule has 0 spiro atoms. The first-order chi connectivity index (χ1) is 10.2. The van der Waals surface area contributed by atoms with E-state index in [2.05, 4.69) is 43.5 Å². The third-order valence-electron chi connectivity index (χ3n) is 5.12. The van der Waals surface area contributed by atoms with Gasteiger partial charge in [-0.1, -0.05) is 44.4 Å². The van der Waals surface area contributed by atoms with Crippen molar-refractivity contribution in [3.63, 3.8) is 0 Å². The molecule has 1 fully saturated rings. The lowest BCUT2D eigenvalue weighted by atomic mass is 9.76. The highest BCUT2D eigenvalue weighted by Crippen LogP contribution is 2.39. The van der Waals surface area contributed by atoms with Crippen LogP contribution in [0.4, 0.5) is 0 Å². The van der Waals surface area contributed by atoms with Gasteiger partial charge >= 0.3 is 0 Å². The largest absolute Gasteiger partial charge is 0.459 e. The van der Waals surface area contributed by atoms with Gasteiger partial charge in [0.05, 0.1) is 6.04 Å². The lowest BCUT2D eigenvalue weighted by Crippen LogP contribution is -2.35. The standard InChI is InChI=1S/C18H26N2O/c1-3-13-7-5-8-14(10-13)17(20-19)16-11-15-9-4-6-12(2)18(15)21-16/h4,6,9,11,13-14,17,20H,3,5,7-8,10,19H2,1-2H3. The number of rotatable bonds is 4. The minimum atomic E-state index is 0.131. The lowest BCUT2D eigenvalue weighted by Gasteiger charge is -2.33. The molecule has 0 bridgehead atoms. The number of fused-ring (bicyclic) bond motifs is 1. The predicted molar refractivity (Wildman–Crippen MR) is 86.8 cm³/mol. The Kier molecular flexibility index (Phi) is 4.32. The molecule has 1 aromatic heterocycles. The summed E-state index contributed by atoms with van der Waals surface area (Å²) in [5, 5.41) is 1.17. The molecular formula is C18H26N2O. The van der Waals surface area contributed by atoms with Crippen LogP contribution in [0.15, 0.2) is 28.7 Å². The summed E-state index contributed by atoms with van der Waals surface area (Å²) in [6.45, 7) is 4.39. The van der Waals surface area contributed by atoms with E-state index in [9.17, 15) is 0 Å². The van der Waals surface area contributed by atoms with Crippen molar-refractivity contribution in [1.29, 1.82) is 0 Å². The van der Waals surface area contributed by atoms with Gasteiger partial charge in [-0.05, 0) is 43.2 Å². The van der Waals surface area contributed by atoms with Crippen LogP contribution in [0.25, 0.3) is 11.0 Å². The van der Waals surface area contributed by atoms with E-state index in [0.29, 0.717) is 5.92 Å². The monoisotopic (exact) mass is 286 g/mol. The minimum Gasteiger partial charge on any atom is -0.459 e. The molecule has 1 saturated carbocycles. The molecule has 1 aliphatic carbocycles. The molecule has 3 N–H and O–H groups in total. The van der Waals surface area contributed by atoms with Crippen molar-refractivity contribution >= 4 is 11.0 Å². The fraction of sp³-hybridized carbons (Fsp3) is 0.556. The van der Waals surface area contributed by atoms with E-state index in [1.807, 2.05) is 0 Å². The summed E-state index contributed by atoms with van der Waals surface area (Å²) in [5.74, 6) is 8.28. The number of aryl methyl sites for hydroxylation is 1. The van der Waals surface area contributed by atoms with Crippen molar-refractivity contribution in [2.75, 3.05) is 0 Å². The number of hydrogen-bond acceptors (Lipinski definition) is 3. The molecule has 3 rings (SSSR count). The molecule has 0 saturated heterocycles. The van der Waals surface area contributed by atoms with Gasteiger partial charge in [-0.3, -0.25) is 5.84 Å². The van der Waals surface area contributed by atoms with E-state index in [-0.39, 0.29) is 6.04 Å². The Morgan fingerprint density at radius 3 is 2.95 bits per heavy atom. The zero-order valence-corrected chi connectivity index (χ0v) is 13.1. The zero-order valence-electron chi connectivity index (χ0n) is 13.1. The van der Waals surface area contributed by atoms with Gasteiger partial charge in [0.2, 0.25) is 0 Å². The van der Waals surface area contributed by atoms with Gasteiger partial charge in [-0.2, -0.15) is 0 Å². The van der Waals surface area contributed by atoms with E-state index in [0.717, 1.165) is 17.3 Å². The molecule has 2 aromatic rings. The number of hydrazine groups is 1. The Morgan fingerprint density at radius 2 is 2.24 bits per heavy atom. The summed E-state index contributed by atoms with van der Waals surface area (Å²) in [4.78, 5) is 0. The number of para-hydroxylation sites is 1. The van der Waals surface area contributed by atoms with Crippen molar-refractivity contribution in [3.8, 4) is 0 Å². The highest BCUT2D eigenvalue weighted by Gasteiger charge is 2.30. The number of furan rings is 1. The maximum absolute atomic E-state index is 6.13. The average Bonchev–Trinajstić information content (AvgIpc) is 2.93. The molecule has 3 nitrogen and oxygen atoms in total. The Hall–Kier alpha value is -1.32. The van der Waals surface area contributed by atoms with Crippen molar-refractivity contribution in [2.24, 2.45) is 17.7 Å². The van der Waals surface area contributed by atoms with E-state index >= 15 is 0 Å². The number of hydrogen-bond donors (Lipinski definition) is 2. The van der Waals surface area contributed by atoms with Crippen LogP contribution in [0.1, 0.15) is 56.4 Å². The number of benzene rings is 1. The van der Waals surface area contributed by atoms with Gasteiger partial charge in [-0.15, -0.1) is 0 Å². The second kappa shape index (κ2) is 6.20. The Labute approximate surface area is 126 Å². The van der Waals surface area contributed by atoms with Crippen LogP contribution in [-0.2, 0) is 0 Å². The van der Waals surface area contributed by atoms with Crippen LogP contribution in [-0.4, -0.2) is 0 Å². The van der Waals surface area contributed by atoms with Crippen LogP contribution in [0, 0.1) is 18.8 Å². The molecule has 3 heteroatoms. The quantitative estimate of drug-likeness (QED) is 0.644. The summed E-state index contributed by atoms with van der Waals surface area (Å²) in [7, 11) is 0. The van der Waals surface area contributed by atoms with E-state index in [1.54, 1.807) is 0 Å². The highest BCUT2D eigenvalue weighted by molar-refractivity contribution is 5.81. The fourth-order valence-electron chi connectivity index (χ4n) is 3.84. The van der Waals surface area contributed by atoms with Crippen LogP contribution in [0.3, 0.4) is 0 Å². The van der Waals surface area contributed by atoms with Crippen LogP contribution >= 0.6 is 0 Å². The Bertz CT molecular complexity index is 604. The molecule has 114 valence electrons. The molecule has 1 heterocycles. The van der Waals surface area contributed by atoms with Crippen molar-refractivity contribution in [1.82, 2.24) is 5.43 Å². The first kappa shape index (κ1) is 14.6. The number of nitrogens with one attached hydrogen (secondary N) is 1. The van der Waals surface area contributed by atoms with Crippen LogP contribution in [0.5, 0.6) is 0 Å². The van der Waals surface area contributed by atoms with E-state index in [4.69, 9.17) is 10.3 Å². The summed E-state index contributed by atoms with van der Waals surface area (Å²) in [6.07, 6.45) is 6.43. The predicted octanol–water partition coefficient (Wildman–Crippen LogP) is 4.46. The molecule has 3 atom stereocenters. The van der Waals surface area contributed by atoms with Gasteiger partial charge in [0.15, 0.2) is 0 Å². The summed E-state index contributed by atoms with van der Waals surface area (Å²) >= 11 is 0. The van der Waals surface area contributed by atoms with Crippen molar-refractivity contribution in [3.05, 3.63) is 35.6 Å². The van der Waals surface area contributed by atoms with Crippen molar-refractivity contribution < 1.29 is 4.42 Å². The van der Waals surface area contributed by atoms with E-state index < -0.39 is 0 Å². The molecule has 1 aromatic carbocycles. The molecular weight excluding hydrogens is 260 g/mol. The minimum absolute atomic E-state index is 0.131. The lowest BCUT2D eigenvalue weighted by molar-refractivity contribution is 0.196. The van der Waals surface area contributed by atoms with E-state index in [1.165, 1.54) is 43.1 Å². The fourth-order valence-corrected chi connectivity index (χ4v) is 3.84. The normalized spacial score (nSPS) is 24.3. The van der Waals surface area contributed by atoms with Crippen LogP contribution < -0.4 is 11.3 Å². The smallest absolute Gasteiger partial charge is 0.137 e. The summed E-state index contributed by atoms with van der Waals surface area (Å²) in [5.41, 5.74) is 5.20. The molecule has 21 heavy (non-hydrogen) atoms. The summed E-state index contributed by atoms with van der Waals surface area (Å²) in [6, 6.07) is 8.57. The second-order valence-electron chi connectivity index (χ2n) is 6.49. The molecule has 0 radical (unpaired) electrons. The Morgan fingerprint density at radius 1 is 1.38 bits per heavy atom. The van der Waals surface area contributed by atoms with Gasteiger partial charge in [0.1, 0.15) is 11.3 Å². The molecule has 1 aliphatic rings. The molecule has 0 aliphatic heterocycles. The van der Waals surface area contributed by atoms with Gasteiger partial charge in [-0.25, -0.2) is 5.43 Å². The first-order valence-corrected chi connectivity index (χ1v) is 8.18. The SMILES string of the molecule is CCC1CCCC(C(NN)c2cc3cccc(C)c3o2)C1. The zero-order chi connectivity index (χ0) is 14.8.